The van der Waals surface area contributed by atoms with Gasteiger partial charge < -0.3 is 0 Å². The molecule has 96 valence electrons. The normalized spacial score (nSPS) is 9.95. The summed E-state index contributed by atoms with van der Waals surface area (Å²) in [4.78, 5) is 13.3. The Labute approximate surface area is 124 Å². The predicted molar refractivity (Wildman–Crippen MR) is 74.1 cm³/mol. The van der Waals surface area contributed by atoms with Crippen molar-refractivity contribution in [1.29, 1.82) is 5.26 Å². The monoisotopic (exact) mass is 311 g/mol. The van der Waals surface area contributed by atoms with Crippen LogP contribution in [0.1, 0.15) is 15.2 Å². The molecule has 0 saturated heterocycles. The molecule has 1 heterocycles. The van der Waals surface area contributed by atoms with Crippen molar-refractivity contribution in [3.8, 4) is 6.19 Å². The Morgan fingerprint density at radius 2 is 2.05 bits per heavy atom. The van der Waals surface area contributed by atoms with E-state index in [2.05, 4.69) is 4.37 Å². The quantitative estimate of drug-likeness (QED) is 0.643. The zero-order chi connectivity index (χ0) is 13.8. The average molecular weight is 312 g/mol. The fraction of sp³-hybridized carbons (Fsp3) is 0.0833. The molecular weight excluding hydrogens is 305 g/mol. The molecule has 19 heavy (non-hydrogen) atoms. The van der Waals surface area contributed by atoms with Crippen LogP contribution in [-0.4, -0.2) is 15.2 Å². The first kappa shape index (κ1) is 13.8. The minimum atomic E-state index is -0.499. The molecule has 1 aromatic heterocycles. The van der Waals surface area contributed by atoms with E-state index in [9.17, 15) is 4.79 Å². The molecule has 0 fully saturated rings. The molecular formula is C12H7Cl2N3OS. The molecule has 1 amide bonds. The van der Waals surface area contributed by atoms with Crippen molar-refractivity contribution in [3.63, 3.8) is 0 Å². The van der Waals surface area contributed by atoms with E-state index in [0.29, 0.717) is 0 Å². The molecule has 2 aromatic rings. The Kier molecular flexibility index (Phi) is 4.38. The van der Waals surface area contributed by atoms with Gasteiger partial charge in [0.25, 0.3) is 5.91 Å². The van der Waals surface area contributed by atoms with Crippen LogP contribution >= 0.6 is 34.7 Å². The maximum absolute atomic E-state index is 12.1. The largest absolute Gasteiger partial charge is 0.280 e. The van der Waals surface area contributed by atoms with E-state index in [1.165, 1.54) is 0 Å². The van der Waals surface area contributed by atoms with Crippen molar-refractivity contribution >= 4 is 40.6 Å². The Morgan fingerprint density at radius 1 is 1.37 bits per heavy atom. The van der Waals surface area contributed by atoms with E-state index >= 15 is 0 Å². The Balaban J connectivity index is 2.21. The van der Waals surface area contributed by atoms with E-state index in [1.807, 2.05) is 36.5 Å². The standard InChI is InChI=1S/C12H7Cl2N3OS/c13-9-10(19-16-11(9)14)12(18)17(7-15)6-8-4-2-1-3-5-8/h1-5H,6H2. The minimum absolute atomic E-state index is 0.0765. The number of carbonyl (C=O) groups excluding carboxylic acids is 1. The van der Waals surface area contributed by atoms with Gasteiger partial charge in [-0.2, -0.15) is 9.64 Å². The van der Waals surface area contributed by atoms with Crippen LogP contribution in [-0.2, 0) is 6.54 Å². The minimum Gasteiger partial charge on any atom is -0.267 e. The van der Waals surface area contributed by atoms with Crippen LogP contribution in [0.2, 0.25) is 10.2 Å². The van der Waals surface area contributed by atoms with E-state index in [4.69, 9.17) is 28.5 Å². The molecule has 0 unspecified atom stereocenters. The van der Waals surface area contributed by atoms with Crippen LogP contribution in [0.3, 0.4) is 0 Å². The van der Waals surface area contributed by atoms with Crippen LogP contribution in [0.5, 0.6) is 0 Å². The number of hydrogen-bond acceptors (Lipinski definition) is 4. The molecule has 7 heteroatoms. The van der Waals surface area contributed by atoms with Crippen LogP contribution in [0.25, 0.3) is 0 Å². The highest BCUT2D eigenvalue weighted by Crippen LogP contribution is 2.29. The summed E-state index contributed by atoms with van der Waals surface area (Å²) in [6, 6.07) is 9.21. The van der Waals surface area contributed by atoms with Gasteiger partial charge in [0.1, 0.15) is 9.90 Å². The zero-order valence-corrected chi connectivity index (χ0v) is 11.8. The first-order chi connectivity index (χ1) is 9.13. The summed E-state index contributed by atoms with van der Waals surface area (Å²) in [7, 11) is 0. The van der Waals surface area contributed by atoms with Crippen LogP contribution in [0, 0.1) is 11.5 Å². The van der Waals surface area contributed by atoms with E-state index in [0.717, 1.165) is 22.0 Å². The van der Waals surface area contributed by atoms with Gasteiger partial charge in [-0.05, 0) is 17.1 Å². The summed E-state index contributed by atoms with van der Waals surface area (Å²) in [6.45, 7) is 0.183. The number of hydrogen-bond donors (Lipinski definition) is 0. The number of aromatic nitrogens is 1. The molecule has 0 aliphatic heterocycles. The summed E-state index contributed by atoms with van der Waals surface area (Å²) < 4.78 is 3.78. The Hall–Kier alpha value is -1.61. The van der Waals surface area contributed by atoms with Gasteiger partial charge in [0.15, 0.2) is 11.3 Å². The summed E-state index contributed by atoms with van der Waals surface area (Å²) in [6.07, 6.45) is 1.85. The third kappa shape index (κ3) is 3.04. The van der Waals surface area contributed by atoms with Gasteiger partial charge >= 0.3 is 0 Å². The first-order valence-corrected chi connectivity index (χ1v) is 6.72. The van der Waals surface area contributed by atoms with Gasteiger partial charge in [-0.25, -0.2) is 4.90 Å². The molecule has 1 aromatic carbocycles. The van der Waals surface area contributed by atoms with Gasteiger partial charge in [-0.3, -0.25) is 4.79 Å². The summed E-state index contributed by atoms with van der Waals surface area (Å²) in [5.74, 6) is -0.499. The number of rotatable bonds is 3. The number of benzene rings is 1. The number of halogens is 2. The van der Waals surface area contributed by atoms with Crippen LogP contribution < -0.4 is 0 Å². The molecule has 4 nitrogen and oxygen atoms in total. The topological polar surface area (TPSA) is 57.0 Å². The second-order valence-electron chi connectivity index (χ2n) is 3.59. The van der Waals surface area contributed by atoms with Crippen molar-refractivity contribution in [3.05, 3.63) is 50.9 Å². The summed E-state index contributed by atoms with van der Waals surface area (Å²) >= 11 is 12.4. The van der Waals surface area contributed by atoms with Crippen molar-refractivity contribution in [2.75, 3.05) is 0 Å². The second kappa shape index (κ2) is 6.02. The molecule has 0 radical (unpaired) electrons. The number of nitrogens with zero attached hydrogens (tertiary/aromatic N) is 3. The molecule has 0 saturated carbocycles. The molecule has 0 aliphatic carbocycles. The highest BCUT2D eigenvalue weighted by atomic mass is 35.5. The molecule has 0 bridgehead atoms. The second-order valence-corrected chi connectivity index (χ2v) is 5.10. The molecule has 0 N–H and O–H groups in total. The Morgan fingerprint density at radius 3 is 2.58 bits per heavy atom. The third-order valence-corrected chi connectivity index (χ3v) is 4.13. The fourth-order valence-corrected chi connectivity index (χ4v) is 2.59. The van der Waals surface area contributed by atoms with E-state index in [-0.39, 0.29) is 21.6 Å². The van der Waals surface area contributed by atoms with Gasteiger partial charge in [0.2, 0.25) is 0 Å². The number of nitriles is 1. The van der Waals surface area contributed by atoms with Crippen molar-refractivity contribution in [2.24, 2.45) is 0 Å². The maximum atomic E-state index is 12.1. The summed E-state index contributed by atoms with van der Waals surface area (Å²) in [5.41, 5.74) is 0.851. The smallest absolute Gasteiger partial charge is 0.267 e. The molecule has 0 aliphatic rings. The molecule has 2 rings (SSSR count). The van der Waals surface area contributed by atoms with Gasteiger partial charge in [-0.1, -0.05) is 53.5 Å². The van der Waals surface area contributed by atoms with Crippen LogP contribution in [0.15, 0.2) is 30.3 Å². The SMILES string of the molecule is N#CN(Cc1ccccc1)C(=O)c1snc(Cl)c1Cl. The lowest BCUT2D eigenvalue weighted by atomic mass is 10.2. The van der Waals surface area contributed by atoms with Crippen molar-refractivity contribution < 1.29 is 4.79 Å². The van der Waals surface area contributed by atoms with E-state index in [1.54, 1.807) is 0 Å². The van der Waals surface area contributed by atoms with E-state index < -0.39 is 5.91 Å². The lowest BCUT2D eigenvalue weighted by Crippen LogP contribution is -2.25. The zero-order valence-electron chi connectivity index (χ0n) is 9.51. The highest BCUT2D eigenvalue weighted by Gasteiger charge is 2.23. The predicted octanol–water partition coefficient (Wildman–Crippen LogP) is 3.57. The van der Waals surface area contributed by atoms with Gasteiger partial charge in [-0.15, -0.1) is 0 Å². The number of carbonyl (C=O) groups is 1. The Bertz CT molecular complexity index is 636. The average Bonchev–Trinajstić information content (AvgIpc) is 2.77. The van der Waals surface area contributed by atoms with Crippen molar-refractivity contribution in [2.45, 2.75) is 6.54 Å². The number of amides is 1. The van der Waals surface area contributed by atoms with Gasteiger partial charge in [0, 0.05) is 0 Å². The first-order valence-electron chi connectivity index (χ1n) is 5.19. The lowest BCUT2D eigenvalue weighted by Gasteiger charge is -2.12. The molecule has 0 atom stereocenters. The lowest BCUT2D eigenvalue weighted by molar-refractivity contribution is 0.0829. The molecule has 0 spiro atoms. The third-order valence-electron chi connectivity index (χ3n) is 2.34. The fourth-order valence-electron chi connectivity index (χ4n) is 1.43. The van der Waals surface area contributed by atoms with Gasteiger partial charge in [0.05, 0.1) is 6.54 Å². The maximum Gasteiger partial charge on any atom is 0.280 e. The summed E-state index contributed by atoms with van der Waals surface area (Å²) in [5, 5.41) is 9.24. The van der Waals surface area contributed by atoms with Crippen LogP contribution in [0.4, 0.5) is 0 Å². The van der Waals surface area contributed by atoms with Crippen molar-refractivity contribution in [1.82, 2.24) is 9.27 Å². The highest BCUT2D eigenvalue weighted by molar-refractivity contribution is 7.09.